The zero-order valence-electron chi connectivity index (χ0n) is 7.08. The molecule has 0 spiro atoms. The first-order valence-electron chi connectivity index (χ1n) is 4.17. The number of likely N-dealkylation sites (tertiary alicyclic amines) is 1. The second-order valence-corrected chi connectivity index (χ2v) is 4.33. The fourth-order valence-corrected chi connectivity index (χ4v) is 2.73. The van der Waals surface area contributed by atoms with Crippen LogP contribution in [0.4, 0.5) is 0 Å². The van der Waals surface area contributed by atoms with E-state index in [1.54, 1.807) is 0 Å². The molecule has 3 nitrogen and oxygen atoms in total. The number of fused-ring (bicyclic) bond motifs is 1. The molecule has 0 N–H and O–H groups in total. The quantitative estimate of drug-likeness (QED) is 0.530. The molecule has 3 atom stereocenters. The SMILES string of the molecule is CN1CC2C(N=O)C[C@]2(C)C1. The topological polar surface area (TPSA) is 32.7 Å². The Bertz CT molecular complexity index is 195. The summed E-state index contributed by atoms with van der Waals surface area (Å²) in [6, 6.07) is 0.116. The van der Waals surface area contributed by atoms with Crippen molar-refractivity contribution in [2.45, 2.75) is 19.4 Å². The van der Waals surface area contributed by atoms with Crippen LogP contribution in [0.15, 0.2) is 5.18 Å². The fraction of sp³-hybridized carbons (Fsp3) is 1.00. The molecular weight excluding hydrogens is 140 g/mol. The Morgan fingerprint density at radius 1 is 1.64 bits per heavy atom. The van der Waals surface area contributed by atoms with Gasteiger partial charge in [0.25, 0.3) is 0 Å². The minimum atomic E-state index is 0.116. The van der Waals surface area contributed by atoms with Gasteiger partial charge in [0.15, 0.2) is 0 Å². The molecule has 0 amide bonds. The maximum absolute atomic E-state index is 10.3. The van der Waals surface area contributed by atoms with E-state index < -0.39 is 0 Å². The highest BCUT2D eigenvalue weighted by Gasteiger charge is 2.55. The summed E-state index contributed by atoms with van der Waals surface area (Å²) in [6.07, 6.45) is 1.01. The number of rotatable bonds is 1. The van der Waals surface area contributed by atoms with Gasteiger partial charge in [-0.2, -0.15) is 4.91 Å². The second-order valence-electron chi connectivity index (χ2n) is 4.33. The van der Waals surface area contributed by atoms with Crippen molar-refractivity contribution in [1.82, 2.24) is 4.90 Å². The van der Waals surface area contributed by atoms with Gasteiger partial charge in [-0.05, 0) is 18.9 Å². The van der Waals surface area contributed by atoms with Crippen LogP contribution in [0.5, 0.6) is 0 Å². The van der Waals surface area contributed by atoms with Crippen molar-refractivity contribution in [3.05, 3.63) is 4.91 Å². The first-order chi connectivity index (χ1) is 5.15. The molecule has 0 aromatic carbocycles. The van der Waals surface area contributed by atoms with E-state index >= 15 is 0 Å². The number of hydrogen-bond acceptors (Lipinski definition) is 3. The summed E-state index contributed by atoms with van der Waals surface area (Å²) in [6.45, 7) is 4.47. The van der Waals surface area contributed by atoms with Crippen LogP contribution >= 0.6 is 0 Å². The second kappa shape index (κ2) is 2.03. The van der Waals surface area contributed by atoms with E-state index in [1.165, 1.54) is 0 Å². The number of nitrogens with zero attached hydrogens (tertiary/aromatic N) is 2. The van der Waals surface area contributed by atoms with E-state index in [4.69, 9.17) is 0 Å². The first kappa shape index (κ1) is 7.22. The Kier molecular flexibility index (Phi) is 1.34. The molecule has 2 aliphatic rings. The molecule has 1 saturated heterocycles. The molecule has 1 saturated carbocycles. The Labute approximate surface area is 66.7 Å². The third-order valence-corrected chi connectivity index (χ3v) is 3.31. The van der Waals surface area contributed by atoms with Crippen LogP contribution in [0.3, 0.4) is 0 Å². The predicted octanol–water partition coefficient (Wildman–Crippen LogP) is 1.09. The molecule has 1 heterocycles. The predicted molar refractivity (Wildman–Crippen MR) is 43.3 cm³/mol. The Hall–Kier alpha value is -0.440. The monoisotopic (exact) mass is 154 g/mol. The summed E-state index contributed by atoms with van der Waals surface area (Å²) >= 11 is 0. The average molecular weight is 154 g/mol. The smallest absolute Gasteiger partial charge is 0.0971 e. The minimum Gasteiger partial charge on any atom is -0.305 e. The molecular formula is C8H14N2O. The molecule has 11 heavy (non-hydrogen) atoms. The third-order valence-electron chi connectivity index (χ3n) is 3.31. The Morgan fingerprint density at radius 2 is 2.36 bits per heavy atom. The van der Waals surface area contributed by atoms with Crippen LogP contribution < -0.4 is 0 Å². The minimum absolute atomic E-state index is 0.116. The molecule has 0 aromatic rings. The van der Waals surface area contributed by atoms with E-state index in [0.717, 1.165) is 19.5 Å². The molecule has 0 bridgehead atoms. The van der Waals surface area contributed by atoms with Gasteiger partial charge in [0, 0.05) is 19.0 Å². The van der Waals surface area contributed by atoms with Gasteiger partial charge in [0.1, 0.15) is 0 Å². The van der Waals surface area contributed by atoms with Gasteiger partial charge < -0.3 is 4.90 Å². The van der Waals surface area contributed by atoms with Crippen molar-refractivity contribution in [1.29, 1.82) is 0 Å². The van der Waals surface area contributed by atoms with E-state index in [2.05, 4.69) is 24.0 Å². The molecule has 2 rings (SSSR count). The largest absolute Gasteiger partial charge is 0.305 e. The normalized spacial score (nSPS) is 50.0. The molecule has 2 unspecified atom stereocenters. The summed E-state index contributed by atoms with van der Waals surface area (Å²) in [5.41, 5.74) is 0.410. The van der Waals surface area contributed by atoms with Crippen molar-refractivity contribution in [2.75, 3.05) is 20.1 Å². The summed E-state index contributed by atoms with van der Waals surface area (Å²) < 4.78 is 0. The van der Waals surface area contributed by atoms with Crippen LogP contribution in [0.1, 0.15) is 13.3 Å². The van der Waals surface area contributed by atoms with Gasteiger partial charge in [-0.3, -0.25) is 0 Å². The van der Waals surface area contributed by atoms with Gasteiger partial charge in [-0.1, -0.05) is 12.1 Å². The lowest BCUT2D eigenvalue weighted by Gasteiger charge is -2.44. The van der Waals surface area contributed by atoms with E-state index in [1.807, 2.05) is 0 Å². The number of hydrogen-bond donors (Lipinski definition) is 0. The first-order valence-corrected chi connectivity index (χ1v) is 4.17. The molecule has 2 fully saturated rings. The maximum Gasteiger partial charge on any atom is 0.0971 e. The van der Waals surface area contributed by atoms with E-state index in [0.29, 0.717) is 11.3 Å². The van der Waals surface area contributed by atoms with E-state index in [-0.39, 0.29) is 6.04 Å². The van der Waals surface area contributed by atoms with Crippen LogP contribution in [-0.2, 0) is 0 Å². The Morgan fingerprint density at radius 3 is 2.91 bits per heavy atom. The zero-order valence-corrected chi connectivity index (χ0v) is 7.08. The van der Waals surface area contributed by atoms with Crippen molar-refractivity contribution in [3.8, 4) is 0 Å². The van der Waals surface area contributed by atoms with Gasteiger partial charge >= 0.3 is 0 Å². The standard InChI is InChI=1S/C8H14N2O/c1-8-3-7(9-11)6(8)4-10(2)5-8/h6-7H,3-5H2,1-2H3/t6?,7?,8-/m1/s1. The summed E-state index contributed by atoms with van der Waals surface area (Å²) in [4.78, 5) is 12.6. The highest BCUT2D eigenvalue weighted by Crippen LogP contribution is 2.52. The summed E-state index contributed by atoms with van der Waals surface area (Å²) in [7, 11) is 2.12. The molecule has 1 aliphatic carbocycles. The molecule has 62 valence electrons. The molecule has 1 aliphatic heterocycles. The van der Waals surface area contributed by atoms with Gasteiger partial charge in [0.05, 0.1) is 6.04 Å². The lowest BCUT2D eigenvalue weighted by atomic mass is 9.60. The van der Waals surface area contributed by atoms with Crippen LogP contribution in [0.25, 0.3) is 0 Å². The highest BCUT2D eigenvalue weighted by atomic mass is 16.3. The fourth-order valence-electron chi connectivity index (χ4n) is 2.73. The van der Waals surface area contributed by atoms with Crippen LogP contribution in [-0.4, -0.2) is 31.1 Å². The summed E-state index contributed by atoms with van der Waals surface area (Å²) in [5, 5.41) is 3.14. The highest BCUT2D eigenvalue weighted by molar-refractivity contribution is 5.08. The zero-order chi connectivity index (χ0) is 8.06. The van der Waals surface area contributed by atoms with Gasteiger partial charge in [-0.15, -0.1) is 0 Å². The van der Waals surface area contributed by atoms with Crippen molar-refractivity contribution < 1.29 is 0 Å². The van der Waals surface area contributed by atoms with E-state index in [9.17, 15) is 4.91 Å². The van der Waals surface area contributed by atoms with Gasteiger partial charge in [-0.25, -0.2) is 0 Å². The van der Waals surface area contributed by atoms with Crippen LogP contribution in [0.2, 0.25) is 0 Å². The molecule has 3 heteroatoms. The van der Waals surface area contributed by atoms with Crippen LogP contribution in [0, 0.1) is 16.2 Å². The van der Waals surface area contributed by atoms with Crippen molar-refractivity contribution >= 4 is 0 Å². The molecule has 0 aromatic heterocycles. The lowest BCUT2D eigenvalue weighted by Crippen LogP contribution is -2.47. The van der Waals surface area contributed by atoms with Gasteiger partial charge in [0.2, 0.25) is 0 Å². The molecule has 0 radical (unpaired) electrons. The number of nitroso groups, excluding NO2 is 1. The van der Waals surface area contributed by atoms with Crippen molar-refractivity contribution in [3.63, 3.8) is 0 Å². The lowest BCUT2D eigenvalue weighted by molar-refractivity contribution is 0.0766. The van der Waals surface area contributed by atoms with Crippen molar-refractivity contribution in [2.24, 2.45) is 16.5 Å². The third kappa shape index (κ3) is 0.836. The maximum atomic E-state index is 10.3. The summed E-state index contributed by atoms with van der Waals surface area (Å²) in [5.74, 6) is 0.546. The Balaban J connectivity index is 2.11. The average Bonchev–Trinajstić information content (AvgIpc) is 2.14.